The lowest BCUT2D eigenvalue weighted by Gasteiger charge is -2.03. The molecule has 7 nitrogen and oxygen atoms in total. The number of aromatic amines is 1. The molecule has 0 radical (unpaired) electrons. The third kappa shape index (κ3) is 4.37. The summed E-state index contributed by atoms with van der Waals surface area (Å²) in [5, 5.41) is 7.05. The van der Waals surface area contributed by atoms with Crippen molar-refractivity contribution < 1.29 is 13.5 Å². The molecule has 0 aliphatic carbocycles. The third-order valence-electron chi connectivity index (χ3n) is 3.43. The van der Waals surface area contributed by atoms with Crippen molar-refractivity contribution in [1.29, 1.82) is 0 Å². The van der Waals surface area contributed by atoms with Crippen LogP contribution in [0.4, 0.5) is 4.39 Å². The van der Waals surface area contributed by atoms with Crippen LogP contribution < -0.4 is 5.69 Å². The smallest absolute Gasteiger partial charge is 0.343 e. The summed E-state index contributed by atoms with van der Waals surface area (Å²) in [5.74, 6) is 0.491. The minimum atomic E-state index is -0.344. The number of oxazole rings is 1. The average molecular weight is 364 g/mol. The summed E-state index contributed by atoms with van der Waals surface area (Å²) in [6.45, 7) is 1.10. The average Bonchev–Trinajstić information content (AvgIpc) is 3.21. The van der Waals surface area contributed by atoms with Crippen molar-refractivity contribution in [2.24, 2.45) is 0 Å². The van der Waals surface area contributed by atoms with E-state index in [0.29, 0.717) is 41.2 Å². The van der Waals surface area contributed by atoms with Gasteiger partial charge in [-0.2, -0.15) is 0 Å². The minimum absolute atomic E-state index is 0.251. The van der Waals surface area contributed by atoms with Gasteiger partial charge in [0.15, 0.2) is 5.16 Å². The highest BCUT2D eigenvalue weighted by Crippen LogP contribution is 2.23. The molecule has 25 heavy (non-hydrogen) atoms. The zero-order valence-corrected chi connectivity index (χ0v) is 14.4. The third-order valence-corrected chi connectivity index (χ3v) is 4.44. The molecule has 0 aliphatic heterocycles. The molecule has 1 N–H and O–H groups in total. The van der Waals surface area contributed by atoms with Gasteiger partial charge in [-0.25, -0.2) is 19.3 Å². The first-order valence-corrected chi connectivity index (χ1v) is 8.63. The van der Waals surface area contributed by atoms with Crippen LogP contribution in [-0.4, -0.2) is 33.5 Å². The van der Waals surface area contributed by atoms with E-state index in [1.54, 1.807) is 23.8 Å². The number of nitrogens with one attached hydrogen (secondary N) is 1. The number of benzene rings is 1. The maximum absolute atomic E-state index is 13.3. The van der Waals surface area contributed by atoms with E-state index in [0.717, 1.165) is 6.42 Å². The minimum Gasteiger partial charge on any atom is -0.444 e. The number of methoxy groups -OCH3 is 1. The molecule has 0 spiro atoms. The van der Waals surface area contributed by atoms with Gasteiger partial charge in [0.25, 0.3) is 0 Å². The molecule has 0 amide bonds. The van der Waals surface area contributed by atoms with E-state index in [9.17, 15) is 9.18 Å². The molecule has 2 aromatic heterocycles. The van der Waals surface area contributed by atoms with Crippen molar-refractivity contribution in [2.45, 2.75) is 23.9 Å². The zero-order valence-electron chi connectivity index (χ0n) is 13.6. The highest BCUT2D eigenvalue weighted by molar-refractivity contribution is 7.98. The number of halogens is 1. The lowest BCUT2D eigenvalue weighted by Crippen LogP contribution is -2.18. The summed E-state index contributed by atoms with van der Waals surface area (Å²) < 4.78 is 25.2. The topological polar surface area (TPSA) is 85.9 Å². The molecule has 0 unspecified atom stereocenters. The predicted octanol–water partition coefficient (Wildman–Crippen LogP) is 2.69. The van der Waals surface area contributed by atoms with Crippen LogP contribution in [0.15, 0.2) is 44.9 Å². The molecule has 0 saturated carbocycles. The maximum Gasteiger partial charge on any atom is 0.343 e. The van der Waals surface area contributed by atoms with Gasteiger partial charge in [-0.15, -0.1) is 5.10 Å². The predicted molar refractivity (Wildman–Crippen MR) is 90.8 cm³/mol. The van der Waals surface area contributed by atoms with Crippen molar-refractivity contribution in [3.63, 3.8) is 0 Å². The van der Waals surface area contributed by atoms with Crippen LogP contribution in [0.5, 0.6) is 0 Å². The van der Waals surface area contributed by atoms with Crippen molar-refractivity contribution in [3.8, 4) is 11.5 Å². The van der Waals surface area contributed by atoms with Crippen molar-refractivity contribution >= 4 is 11.8 Å². The number of nitrogens with zero attached hydrogens (tertiary/aromatic N) is 3. The van der Waals surface area contributed by atoms with Gasteiger partial charge in [0.2, 0.25) is 5.89 Å². The van der Waals surface area contributed by atoms with Crippen molar-refractivity contribution in [3.05, 3.63) is 52.5 Å². The largest absolute Gasteiger partial charge is 0.444 e. The van der Waals surface area contributed by atoms with Crippen LogP contribution in [-0.2, 0) is 17.0 Å². The van der Waals surface area contributed by atoms with E-state index in [2.05, 4.69) is 15.2 Å². The fourth-order valence-corrected chi connectivity index (χ4v) is 3.09. The summed E-state index contributed by atoms with van der Waals surface area (Å²) in [4.78, 5) is 16.1. The monoisotopic (exact) mass is 364 g/mol. The Kier molecular flexibility index (Phi) is 5.67. The Labute approximate surface area is 147 Å². The van der Waals surface area contributed by atoms with E-state index in [1.165, 1.54) is 30.2 Å². The van der Waals surface area contributed by atoms with Gasteiger partial charge >= 0.3 is 5.69 Å². The summed E-state index contributed by atoms with van der Waals surface area (Å²) >= 11 is 1.37. The molecular formula is C16H17FN4O3S. The molecule has 3 aromatic rings. The number of H-pyrrole nitrogens is 1. The van der Waals surface area contributed by atoms with Crippen molar-refractivity contribution in [1.82, 2.24) is 19.7 Å². The van der Waals surface area contributed by atoms with E-state index >= 15 is 0 Å². The summed E-state index contributed by atoms with van der Waals surface area (Å²) in [6.07, 6.45) is 2.24. The quantitative estimate of drug-likeness (QED) is 0.489. The molecule has 0 aliphatic rings. The molecule has 0 bridgehead atoms. The van der Waals surface area contributed by atoms with Crippen LogP contribution >= 0.6 is 11.8 Å². The summed E-state index contributed by atoms with van der Waals surface area (Å²) in [5.41, 5.74) is 1.01. The molecular weight excluding hydrogens is 347 g/mol. The lowest BCUT2D eigenvalue weighted by molar-refractivity contribution is 0.189. The number of thioether (sulfide) groups is 1. The Morgan fingerprint density at radius 3 is 3.12 bits per heavy atom. The maximum atomic E-state index is 13.3. The molecule has 0 saturated heterocycles. The van der Waals surface area contributed by atoms with Gasteiger partial charge < -0.3 is 9.15 Å². The molecule has 1 aromatic carbocycles. The van der Waals surface area contributed by atoms with Crippen LogP contribution in [0, 0.1) is 5.82 Å². The van der Waals surface area contributed by atoms with E-state index in [1.807, 2.05) is 0 Å². The fourth-order valence-electron chi connectivity index (χ4n) is 2.24. The van der Waals surface area contributed by atoms with Gasteiger partial charge in [-0.1, -0.05) is 17.8 Å². The Morgan fingerprint density at radius 2 is 2.32 bits per heavy atom. The molecule has 0 atom stereocenters. The van der Waals surface area contributed by atoms with Crippen LogP contribution in [0.3, 0.4) is 0 Å². The number of ether oxygens (including phenoxy) is 1. The molecule has 9 heteroatoms. The van der Waals surface area contributed by atoms with Gasteiger partial charge in [0.1, 0.15) is 12.1 Å². The first-order valence-electron chi connectivity index (χ1n) is 7.64. The van der Waals surface area contributed by atoms with Crippen molar-refractivity contribution in [2.75, 3.05) is 13.7 Å². The first-order chi connectivity index (χ1) is 12.2. The lowest BCUT2D eigenvalue weighted by atomic mass is 10.2. The second-order valence-electron chi connectivity index (χ2n) is 5.25. The van der Waals surface area contributed by atoms with Gasteiger partial charge in [-0.05, 0) is 24.6 Å². The first kappa shape index (κ1) is 17.4. The number of hydrogen-bond donors (Lipinski definition) is 1. The molecule has 2 heterocycles. The SMILES string of the molecule is COCCCn1c(SCc2coc(-c3cccc(F)c3)n2)n[nH]c1=O. The molecule has 3 rings (SSSR count). The Hall–Kier alpha value is -2.39. The standard InChI is InChI=1S/C16H17FN4O3S/c1-23-7-3-6-21-15(22)19-20-16(21)25-10-13-9-24-14(18-13)11-4-2-5-12(17)8-11/h2,4-5,8-9H,3,6-7,10H2,1H3,(H,19,22). The second kappa shape index (κ2) is 8.13. The molecule has 132 valence electrons. The van der Waals surface area contributed by atoms with Crippen LogP contribution in [0.1, 0.15) is 12.1 Å². The zero-order chi connectivity index (χ0) is 17.6. The number of hydrogen-bond acceptors (Lipinski definition) is 6. The Balaban J connectivity index is 1.66. The van der Waals surface area contributed by atoms with E-state index < -0.39 is 0 Å². The van der Waals surface area contributed by atoms with E-state index in [-0.39, 0.29) is 11.5 Å². The highest BCUT2D eigenvalue weighted by Gasteiger charge is 2.12. The van der Waals surface area contributed by atoms with Crippen LogP contribution in [0.25, 0.3) is 11.5 Å². The summed E-state index contributed by atoms with van der Waals surface area (Å²) in [7, 11) is 1.62. The van der Waals surface area contributed by atoms with Crippen LogP contribution in [0.2, 0.25) is 0 Å². The Bertz CT molecular complexity index is 889. The van der Waals surface area contributed by atoms with Gasteiger partial charge in [0, 0.05) is 31.6 Å². The number of rotatable bonds is 8. The van der Waals surface area contributed by atoms with E-state index in [4.69, 9.17) is 9.15 Å². The highest BCUT2D eigenvalue weighted by atomic mass is 32.2. The molecule has 0 fully saturated rings. The second-order valence-corrected chi connectivity index (χ2v) is 6.19. The number of aromatic nitrogens is 4. The summed E-state index contributed by atoms with van der Waals surface area (Å²) in [6, 6.07) is 6.06. The Morgan fingerprint density at radius 1 is 1.44 bits per heavy atom. The normalized spacial score (nSPS) is 11.1. The van der Waals surface area contributed by atoms with Gasteiger partial charge in [0.05, 0.1) is 5.69 Å². The van der Waals surface area contributed by atoms with Gasteiger partial charge in [-0.3, -0.25) is 4.57 Å². The fraction of sp³-hybridized carbons (Fsp3) is 0.312.